The summed E-state index contributed by atoms with van der Waals surface area (Å²) in [4.78, 5) is 26.3. The Morgan fingerprint density at radius 1 is 1.33 bits per heavy atom. The van der Waals surface area contributed by atoms with Gasteiger partial charge < -0.3 is 15.5 Å². The summed E-state index contributed by atoms with van der Waals surface area (Å²) in [7, 11) is 0. The van der Waals surface area contributed by atoms with Gasteiger partial charge in [-0.1, -0.05) is 50.6 Å². The predicted octanol–water partition coefficient (Wildman–Crippen LogP) is 2.40. The third-order valence-electron chi connectivity index (χ3n) is 3.91. The fourth-order valence-electron chi connectivity index (χ4n) is 2.55. The minimum absolute atomic E-state index is 0. The van der Waals surface area contributed by atoms with E-state index in [-0.39, 0.29) is 36.8 Å². The number of halogens is 2. The van der Waals surface area contributed by atoms with Gasteiger partial charge in [-0.2, -0.15) is 0 Å². The first-order valence-corrected chi connectivity index (χ1v) is 8.21. The number of amides is 2. The maximum Gasteiger partial charge on any atom is 0.242 e. The third kappa shape index (κ3) is 5.10. The summed E-state index contributed by atoms with van der Waals surface area (Å²) < 4.78 is 0. The molecule has 0 radical (unpaired) electrons. The molecule has 0 spiro atoms. The molecule has 1 aromatic carbocycles. The van der Waals surface area contributed by atoms with Crippen molar-refractivity contribution in [1.82, 2.24) is 15.5 Å². The van der Waals surface area contributed by atoms with E-state index in [0.29, 0.717) is 18.1 Å². The molecule has 1 atom stereocenters. The zero-order valence-corrected chi connectivity index (χ0v) is 15.8. The van der Waals surface area contributed by atoms with E-state index >= 15 is 0 Å². The summed E-state index contributed by atoms with van der Waals surface area (Å²) in [6.45, 7) is 7.47. The van der Waals surface area contributed by atoms with Crippen molar-refractivity contribution in [2.45, 2.75) is 26.8 Å². The molecule has 1 heterocycles. The molecule has 1 aliphatic heterocycles. The predicted molar refractivity (Wildman–Crippen MR) is 98.5 cm³/mol. The number of nitrogens with one attached hydrogen (secondary N) is 2. The second kappa shape index (κ2) is 8.70. The SMILES string of the molecule is CC(C)(C)C(=O)NCC(=O)N1CCNCC1c1ccccc1Cl.Cl. The zero-order valence-electron chi connectivity index (χ0n) is 14.3. The Balaban J connectivity index is 0.00000288. The molecule has 2 amide bonds. The molecule has 2 N–H and O–H groups in total. The first-order valence-electron chi connectivity index (χ1n) is 7.83. The number of hydrogen-bond donors (Lipinski definition) is 2. The van der Waals surface area contributed by atoms with Crippen LogP contribution in [-0.4, -0.2) is 42.9 Å². The summed E-state index contributed by atoms with van der Waals surface area (Å²) in [5, 5.41) is 6.67. The third-order valence-corrected chi connectivity index (χ3v) is 4.25. The average molecular weight is 374 g/mol. The van der Waals surface area contributed by atoms with Crippen LogP contribution < -0.4 is 10.6 Å². The van der Waals surface area contributed by atoms with Gasteiger partial charge in [0.15, 0.2) is 0 Å². The largest absolute Gasteiger partial charge is 0.347 e. The Kier molecular flexibility index (Phi) is 7.52. The van der Waals surface area contributed by atoms with Crippen LogP contribution in [0.1, 0.15) is 32.4 Å². The monoisotopic (exact) mass is 373 g/mol. The second-order valence-electron chi connectivity index (χ2n) is 6.76. The lowest BCUT2D eigenvalue weighted by atomic mass is 9.96. The van der Waals surface area contributed by atoms with Crippen molar-refractivity contribution in [2.75, 3.05) is 26.2 Å². The number of hydrogen-bond acceptors (Lipinski definition) is 3. The van der Waals surface area contributed by atoms with E-state index in [0.717, 1.165) is 12.1 Å². The molecule has 0 saturated carbocycles. The Bertz CT molecular complexity index is 587. The van der Waals surface area contributed by atoms with Gasteiger partial charge in [0.2, 0.25) is 11.8 Å². The number of benzene rings is 1. The van der Waals surface area contributed by atoms with Crippen molar-refractivity contribution >= 4 is 35.8 Å². The van der Waals surface area contributed by atoms with E-state index in [1.807, 2.05) is 45.0 Å². The standard InChI is InChI=1S/C17H24ClN3O2.ClH/c1-17(2,3)16(23)20-11-15(22)21-9-8-19-10-14(21)12-6-4-5-7-13(12)18;/h4-7,14,19H,8-11H2,1-3H3,(H,20,23);1H. The number of nitrogens with zero attached hydrogens (tertiary/aromatic N) is 1. The molecule has 7 heteroatoms. The van der Waals surface area contributed by atoms with Crippen molar-refractivity contribution in [1.29, 1.82) is 0 Å². The van der Waals surface area contributed by atoms with Gasteiger partial charge in [-0.3, -0.25) is 9.59 Å². The topological polar surface area (TPSA) is 61.4 Å². The van der Waals surface area contributed by atoms with Gasteiger partial charge in [-0.15, -0.1) is 12.4 Å². The van der Waals surface area contributed by atoms with Gasteiger partial charge in [0.05, 0.1) is 12.6 Å². The van der Waals surface area contributed by atoms with E-state index in [1.54, 1.807) is 4.90 Å². The van der Waals surface area contributed by atoms with Crippen LogP contribution in [0.4, 0.5) is 0 Å². The molecule has 1 fully saturated rings. The summed E-state index contributed by atoms with van der Waals surface area (Å²) in [6.07, 6.45) is 0. The fourth-order valence-corrected chi connectivity index (χ4v) is 2.81. The molecular formula is C17H25Cl2N3O2. The van der Waals surface area contributed by atoms with Crippen molar-refractivity contribution in [3.63, 3.8) is 0 Å². The molecule has 0 aromatic heterocycles. The fraction of sp³-hybridized carbons (Fsp3) is 0.529. The number of carbonyl (C=O) groups excluding carboxylic acids is 2. The first kappa shape index (κ1) is 20.7. The van der Waals surface area contributed by atoms with Gasteiger partial charge >= 0.3 is 0 Å². The van der Waals surface area contributed by atoms with E-state index in [9.17, 15) is 9.59 Å². The normalized spacial score (nSPS) is 17.8. The molecule has 2 rings (SSSR count). The summed E-state index contributed by atoms with van der Waals surface area (Å²) >= 11 is 6.28. The quantitative estimate of drug-likeness (QED) is 0.854. The highest BCUT2D eigenvalue weighted by Crippen LogP contribution is 2.28. The van der Waals surface area contributed by atoms with Crippen LogP contribution in [0, 0.1) is 5.41 Å². The van der Waals surface area contributed by atoms with Crippen LogP contribution in [0.25, 0.3) is 0 Å². The first-order chi connectivity index (χ1) is 10.8. The van der Waals surface area contributed by atoms with Gasteiger partial charge in [0.25, 0.3) is 0 Å². The van der Waals surface area contributed by atoms with E-state index < -0.39 is 5.41 Å². The lowest BCUT2D eigenvalue weighted by molar-refractivity contribution is -0.137. The molecule has 24 heavy (non-hydrogen) atoms. The Labute approximate surface area is 154 Å². The van der Waals surface area contributed by atoms with Gasteiger partial charge in [-0.25, -0.2) is 0 Å². The molecule has 134 valence electrons. The van der Waals surface area contributed by atoms with Gasteiger partial charge in [-0.05, 0) is 11.6 Å². The molecule has 0 bridgehead atoms. The van der Waals surface area contributed by atoms with Crippen LogP contribution in [0.5, 0.6) is 0 Å². The van der Waals surface area contributed by atoms with Crippen LogP contribution in [0.15, 0.2) is 24.3 Å². The van der Waals surface area contributed by atoms with Crippen LogP contribution in [0.2, 0.25) is 5.02 Å². The Hall–Kier alpha value is -1.30. The molecular weight excluding hydrogens is 349 g/mol. The van der Waals surface area contributed by atoms with Gasteiger partial charge in [0, 0.05) is 30.1 Å². The molecule has 1 aromatic rings. The highest BCUT2D eigenvalue weighted by Gasteiger charge is 2.30. The lowest BCUT2D eigenvalue weighted by Gasteiger charge is -2.37. The summed E-state index contributed by atoms with van der Waals surface area (Å²) in [5.41, 5.74) is 0.420. The highest BCUT2D eigenvalue weighted by molar-refractivity contribution is 6.31. The number of carbonyl (C=O) groups is 2. The summed E-state index contributed by atoms with van der Waals surface area (Å²) in [6, 6.07) is 7.44. The smallest absolute Gasteiger partial charge is 0.242 e. The average Bonchev–Trinajstić information content (AvgIpc) is 2.52. The van der Waals surface area contributed by atoms with Crippen LogP contribution >= 0.6 is 24.0 Å². The number of rotatable bonds is 3. The molecule has 1 aliphatic rings. The minimum atomic E-state index is -0.508. The Morgan fingerprint density at radius 2 is 2.00 bits per heavy atom. The van der Waals surface area contributed by atoms with E-state index in [1.165, 1.54) is 0 Å². The maximum absolute atomic E-state index is 12.6. The van der Waals surface area contributed by atoms with Crippen LogP contribution in [0.3, 0.4) is 0 Å². The second-order valence-corrected chi connectivity index (χ2v) is 7.17. The molecule has 0 aliphatic carbocycles. The van der Waals surface area contributed by atoms with Crippen molar-refractivity contribution in [3.05, 3.63) is 34.9 Å². The zero-order chi connectivity index (χ0) is 17.0. The lowest BCUT2D eigenvalue weighted by Crippen LogP contribution is -2.52. The van der Waals surface area contributed by atoms with Gasteiger partial charge in [0.1, 0.15) is 0 Å². The van der Waals surface area contributed by atoms with Crippen molar-refractivity contribution < 1.29 is 9.59 Å². The molecule has 1 unspecified atom stereocenters. The van der Waals surface area contributed by atoms with Crippen molar-refractivity contribution in [3.8, 4) is 0 Å². The molecule has 1 saturated heterocycles. The maximum atomic E-state index is 12.6. The number of piperazine rings is 1. The Morgan fingerprint density at radius 3 is 2.62 bits per heavy atom. The van der Waals surface area contributed by atoms with E-state index in [2.05, 4.69) is 10.6 Å². The minimum Gasteiger partial charge on any atom is -0.347 e. The summed E-state index contributed by atoms with van der Waals surface area (Å²) in [5.74, 6) is -0.218. The molecule has 5 nitrogen and oxygen atoms in total. The highest BCUT2D eigenvalue weighted by atomic mass is 35.5. The van der Waals surface area contributed by atoms with Crippen LogP contribution in [-0.2, 0) is 9.59 Å². The van der Waals surface area contributed by atoms with E-state index in [4.69, 9.17) is 11.6 Å². The van der Waals surface area contributed by atoms with Crippen molar-refractivity contribution in [2.24, 2.45) is 5.41 Å².